The monoisotopic (exact) mass is 327 g/mol. The molecule has 0 heterocycles. The van der Waals surface area contributed by atoms with Crippen LogP contribution in [0.1, 0.15) is 42.5 Å². The van der Waals surface area contributed by atoms with Gasteiger partial charge in [-0.05, 0) is 43.7 Å². The molecule has 0 saturated heterocycles. The maximum atomic E-state index is 11.8. The van der Waals surface area contributed by atoms with Gasteiger partial charge in [0, 0.05) is 31.8 Å². The number of halogens is 1. The number of rotatable bonds is 8. The molecular weight excluding hydrogens is 302 g/mol. The van der Waals surface area contributed by atoms with Crippen LogP contribution in [0.25, 0.3) is 0 Å². The smallest absolute Gasteiger partial charge is 0.253 e. The Kier molecular flexibility index (Phi) is 10.2. The van der Waals surface area contributed by atoms with Crippen LogP contribution < -0.4 is 11.1 Å². The van der Waals surface area contributed by atoms with Crippen molar-refractivity contribution in [2.45, 2.75) is 32.1 Å². The molecule has 5 nitrogen and oxygen atoms in total. The average molecular weight is 328 g/mol. The van der Waals surface area contributed by atoms with Crippen molar-refractivity contribution in [1.29, 1.82) is 0 Å². The minimum atomic E-state index is -0.0484. The zero-order chi connectivity index (χ0) is 15.7. The molecule has 1 rings (SSSR count). The normalized spacial score (nSPS) is 9.77. The lowest BCUT2D eigenvalue weighted by atomic mass is 10.1. The molecule has 0 unspecified atom stereocenters. The summed E-state index contributed by atoms with van der Waals surface area (Å²) in [5.74, 6) is -0.0396. The number of benzene rings is 1. The fraction of sp³-hybridized carbons (Fsp3) is 0.500. The van der Waals surface area contributed by atoms with Crippen molar-refractivity contribution in [1.82, 2.24) is 4.90 Å². The summed E-state index contributed by atoms with van der Waals surface area (Å²) in [5.41, 5.74) is 6.75. The maximum Gasteiger partial charge on any atom is 0.253 e. The third kappa shape index (κ3) is 7.43. The van der Waals surface area contributed by atoms with E-state index in [9.17, 15) is 9.59 Å². The number of unbranched alkanes of at least 4 members (excludes halogenated alkanes) is 3. The van der Waals surface area contributed by atoms with Gasteiger partial charge in [-0.25, -0.2) is 0 Å². The molecule has 0 bridgehead atoms. The van der Waals surface area contributed by atoms with Crippen LogP contribution in [0.3, 0.4) is 0 Å². The van der Waals surface area contributed by atoms with Gasteiger partial charge >= 0.3 is 0 Å². The summed E-state index contributed by atoms with van der Waals surface area (Å²) < 4.78 is 0. The number of nitrogens with zero attached hydrogens (tertiary/aromatic N) is 1. The Morgan fingerprint density at radius 1 is 1.05 bits per heavy atom. The molecular formula is C16H26ClN3O2. The van der Waals surface area contributed by atoms with E-state index in [2.05, 4.69) is 5.32 Å². The zero-order valence-electron chi connectivity index (χ0n) is 13.3. The number of carbonyl (C=O) groups is 2. The van der Waals surface area contributed by atoms with Gasteiger partial charge in [-0.1, -0.05) is 12.8 Å². The molecule has 2 amide bonds. The Morgan fingerprint density at radius 2 is 1.64 bits per heavy atom. The summed E-state index contributed by atoms with van der Waals surface area (Å²) in [7, 11) is 3.42. The second-order valence-corrected chi connectivity index (χ2v) is 5.28. The van der Waals surface area contributed by atoms with Crippen LogP contribution in [0.5, 0.6) is 0 Å². The first-order valence-electron chi connectivity index (χ1n) is 7.36. The minimum Gasteiger partial charge on any atom is -0.345 e. The van der Waals surface area contributed by atoms with Crippen molar-refractivity contribution >= 4 is 29.9 Å². The minimum absolute atomic E-state index is 0. The molecule has 6 heteroatoms. The summed E-state index contributed by atoms with van der Waals surface area (Å²) in [4.78, 5) is 25.0. The Labute approximate surface area is 138 Å². The fourth-order valence-corrected chi connectivity index (χ4v) is 1.96. The largest absolute Gasteiger partial charge is 0.345 e. The second-order valence-electron chi connectivity index (χ2n) is 5.28. The third-order valence-corrected chi connectivity index (χ3v) is 3.18. The van der Waals surface area contributed by atoms with E-state index in [1.54, 1.807) is 38.4 Å². The average Bonchev–Trinajstić information content (AvgIpc) is 2.47. The van der Waals surface area contributed by atoms with Gasteiger partial charge in [-0.3, -0.25) is 9.59 Å². The van der Waals surface area contributed by atoms with Crippen molar-refractivity contribution in [3.8, 4) is 0 Å². The molecule has 0 spiro atoms. The highest BCUT2D eigenvalue weighted by atomic mass is 35.5. The summed E-state index contributed by atoms with van der Waals surface area (Å²) >= 11 is 0. The number of nitrogens with one attached hydrogen (secondary N) is 1. The van der Waals surface area contributed by atoms with E-state index >= 15 is 0 Å². The number of amides is 2. The predicted octanol–water partition coefficient (Wildman–Crippen LogP) is 2.66. The van der Waals surface area contributed by atoms with E-state index < -0.39 is 0 Å². The molecule has 0 saturated carbocycles. The van der Waals surface area contributed by atoms with Gasteiger partial charge in [0.15, 0.2) is 0 Å². The first kappa shape index (κ1) is 20.4. The number of hydrogen-bond donors (Lipinski definition) is 2. The van der Waals surface area contributed by atoms with E-state index in [4.69, 9.17) is 5.73 Å². The lowest BCUT2D eigenvalue weighted by Crippen LogP contribution is -2.21. The zero-order valence-corrected chi connectivity index (χ0v) is 14.1. The molecule has 0 aliphatic rings. The van der Waals surface area contributed by atoms with E-state index in [1.807, 2.05) is 0 Å². The molecule has 0 aromatic heterocycles. The van der Waals surface area contributed by atoms with E-state index in [0.717, 1.165) is 31.4 Å². The number of anilines is 1. The van der Waals surface area contributed by atoms with Gasteiger partial charge in [0.05, 0.1) is 0 Å². The molecule has 3 N–H and O–H groups in total. The van der Waals surface area contributed by atoms with E-state index in [-0.39, 0.29) is 24.2 Å². The molecule has 0 aliphatic carbocycles. The summed E-state index contributed by atoms with van der Waals surface area (Å²) in [6.07, 6.45) is 4.51. The quantitative estimate of drug-likeness (QED) is 0.721. The summed E-state index contributed by atoms with van der Waals surface area (Å²) in [6.45, 7) is 0.713. The molecule has 0 fully saturated rings. The molecule has 1 aromatic carbocycles. The van der Waals surface area contributed by atoms with Crippen LogP contribution in [0.15, 0.2) is 24.3 Å². The highest BCUT2D eigenvalue weighted by Gasteiger charge is 2.08. The Hall–Kier alpha value is -1.59. The highest BCUT2D eigenvalue weighted by Crippen LogP contribution is 2.12. The SMILES string of the molecule is CN(C)C(=O)c1ccc(NC(=O)CCCCCCN)cc1.Cl. The Balaban J connectivity index is 0.00000441. The fourth-order valence-electron chi connectivity index (χ4n) is 1.96. The Morgan fingerprint density at radius 3 is 2.18 bits per heavy atom. The molecule has 22 heavy (non-hydrogen) atoms. The van der Waals surface area contributed by atoms with Gasteiger partial charge in [-0.2, -0.15) is 0 Å². The first-order valence-corrected chi connectivity index (χ1v) is 7.36. The molecule has 1 aromatic rings. The van der Waals surface area contributed by atoms with Crippen LogP contribution in [-0.4, -0.2) is 37.4 Å². The predicted molar refractivity (Wildman–Crippen MR) is 92.5 cm³/mol. The summed E-state index contributed by atoms with van der Waals surface area (Å²) in [5, 5.41) is 2.84. The number of nitrogens with two attached hydrogens (primary N) is 1. The van der Waals surface area contributed by atoms with Crippen LogP contribution in [0.2, 0.25) is 0 Å². The lowest BCUT2D eigenvalue weighted by molar-refractivity contribution is -0.116. The van der Waals surface area contributed by atoms with Crippen LogP contribution in [0, 0.1) is 0 Å². The van der Waals surface area contributed by atoms with Crippen molar-refractivity contribution < 1.29 is 9.59 Å². The van der Waals surface area contributed by atoms with Crippen LogP contribution >= 0.6 is 12.4 Å². The van der Waals surface area contributed by atoms with Crippen molar-refractivity contribution in [2.24, 2.45) is 5.73 Å². The van der Waals surface area contributed by atoms with Crippen molar-refractivity contribution in [3.63, 3.8) is 0 Å². The van der Waals surface area contributed by atoms with Gasteiger partial charge in [-0.15, -0.1) is 12.4 Å². The maximum absolute atomic E-state index is 11.8. The van der Waals surface area contributed by atoms with Crippen molar-refractivity contribution in [3.05, 3.63) is 29.8 Å². The molecule has 124 valence electrons. The standard InChI is InChI=1S/C16H25N3O2.ClH/c1-19(2)16(21)13-8-10-14(11-9-13)18-15(20)7-5-3-4-6-12-17;/h8-11H,3-7,12,17H2,1-2H3,(H,18,20);1H. The van der Waals surface area contributed by atoms with Gasteiger partial charge in [0.25, 0.3) is 5.91 Å². The van der Waals surface area contributed by atoms with Gasteiger partial charge in [0.1, 0.15) is 0 Å². The molecule has 0 aliphatic heterocycles. The highest BCUT2D eigenvalue weighted by molar-refractivity contribution is 5.95. The second kappa shape index (κ2) is 11.0. The van der Waals surface area contributed by atoms with Crippen LogP contribution in [-0.2, 0) is 4.79 Å². The molecule has 0 atom stereocenters. The third-order valence-electron chi connectivity index (χ3n) is 3.18. The van der Waals surface area contributed by atoms with Crippen LogP contribution in [0.4, 0.5) is 5.69 Å². The number of carbonyl (C=O) groups excluding carboxylic acids is 2. The molecule has 0 radical (unpaired) electrons. The van der Waals surface area contributed by atoms with E-state index in [0.29, 0.717) is 18.5 Å². The first-order chi connectivity index (χ1) is 10.0. The topological polar surface area (TPSA) is 75.4 Å². The van der Waals surface area contributed by atoms with Crippen molar-refractivity contribution in [2.75, 3.05) is 26.0 Å². The van der Waals surface area contributed by atoms with E-state index in [1.165, 1.54) is 4.90 Å². The van der Waals surface area contributed by atoms with Gasteiger partial charge in [0.2, 0.25) is 5.91 Å². The van der Waals surface area contributed by atoms with Gasteiger partial charge < -0.3 is 16.0 Å². The summed E-state index contributed by atoms with van der Waals surface area (Å²) in [6, 6.07) is 6.95. The lowest BCUT2D eigenvalue weighted by Gasteiger charge is -2.11. The number of hydrogen-bond acceptors (Lipinski definition) is 3. The Bertz CT molecular complexity index is 461.